The predicted octanol–water partition coefficient (Wildman–Crippen LogP) is 1.12. The number of piperazine rings is 1. The van der Waals surface area contributed by atoms with Crippen molar-refractivity contribution in [2.75, 3.05) is 31.1 Å². The molecule has 3 heterocycles. The van der Waals surface area contributed by atoms with Crippen molar-refractivity contribution in [1.82, 2.24) is 30.0 Å². The summed E-state index contributed by atoms with van der Waals surface area (Å²) < 4.78 is 1.92. The monoisotopic (exact) mass is 341 g/mol. The van der Waals surface area contributed by atoms with E-state index in [-0.39, 0.29) is 12.1 Å². The molecule has 1 fully saturated rings. The highest BCUT2D eigenvalue weighted by atomic mass is 16.2. The summed E-state index contributed by atoms with van der Waals surface area (Å²) in [4.78, 5) is 25.2. The first-order chi connectivity index (χ1) is 12.2. The Morgan fingerprint density at radius 1 is 1.20 bits per heavy atom. The van der Waals surface area contributed by atoms with Crippen molar-refractivity contribution in [3.8, 4) is 0 Å². The van der Waals surface area contributed by atoms with Crippen LogP contribution in [0.5, 0.6) is 0 Å². The largest absolute Gasteiger partial charge is 0.337 e. The van der Waals surface area contributed by atoms with Crippen LogP contribution in [0.15, 0.2) is 24.7 Å². The van der Waals surface area contributed by atoms with Gasteiger partial charge in [0.25, 0.3) is 0 Å². The maximum atomic E-state index is 12.7. The van der Waals surface area contributed by atoms with E-state index in [1.54, 1.807) is 12.4 Å². The van der Waals surface area contributed by atoms with Gasteiger partial charge in [-0.3, -0.25) is 4.68 Å². The minimum Gasteiger partial charge on any atom is -0.337 e. The number of urea groups is 1. The van der Waals surface area contributed by atoms with Crippen LogP contribution in [0.1, 0.15) is 30.1 Å². The number of anilines is 1. The van der Waals surface area contributed by atoms with Crippen LogP contribution < -0.4 is 10.2 Å². The molecule has 0 spiro atoms. The van der Waals surface area contributed by atoms with Crippen LogP contribution >= 0.6 is 0 Å². The highest BCUT2D eigenvalue weighted by Gasteiger charge is 2.28. The molecule has 4 rings (SSSR count). The summed E-state index contributed by atoms with van der Waals surface area (Å²) in [6.45, 7) is 2.86. The van der Waals surface area contributed by atoms with E-state index in [0.717, 1.165) is 38.3 Å². The lowest BCUT2D eigenvalue weighted by atomic mass is 9.93. The normalized spacial score (nSPS) is 20.3. The summed E-state index contributed by atoms with van der Waals surface area (Å²) >= 11 is 0. The Balaban J connectivity index is 1.36. The lowest BCUT2D eigenvalue weighted by molar-refractivity contribution is 0.188. The molecule has 8 nitrogen and oxygen atoms in total. The van der Waals surface area contributed by atoms with E-state index in [2.05, 4.69) is 25.3 Å². The summed E-state index contributed by atoms with van der Waals surface area (Å²) in [6.07, 6.45) is 8.48. The number of aryl methyl sites for hydroxylation is 1. The fourth-order valence-electron chi connectivity index (χ4n) is 3.66. The average Bonchev–Trinajstić information content (AvgIpc) is 3.05. The van der Waals surface area contributed by atoms with Crippen LogP contribution in [-0.2, 0) is 13.5 Å². The highest BCUT2D eigenvalue weighted by Crippen LogP contribution is 2.29. The maximum Gasteiger partial charge on any atom is 0.318 e. The third kappa shape index (κ3) is 3.16. The predicted molar refractivity (Wildman–Crippen MR) is 93.2 cm³/mol. The minimum absolute atomic E-state index is 0.00957. The van der Waals surface area contributed by atoms with Crippen LogP contribution in [0, 0.1) is 0 Å². The van der Waals surface area contributed by atoms with E-state index in [1.807, 2.05) is 28.9 Å². The van der Waals surface area contributed by atoms with Gasteiger partial charge in [0.1, 0.15) is 0 Å². The van der Waals surface area contributed by atoms with Crippen molar-refractivity contribution in [1.29, 1.82) is 0 Å². The smallest absolute Gasteiger partial charge is 0.318 e. The summed E-state index contributed by atoms with van der Waals surface area (Å²) in [7, 11) is 1.97. The van der Waals surface area contributed by atoms with E-state index in [1.165, 1.54) is 11.3 Å². The number of nitrogens with zero attached hydrogens (tertiary/aromatic N) is 6. The zero-order valence-electron chi connectivity index (χ0n) is 14.4. The first-order valence-corrected chi connectivity index (χ1v) is 8.80. The summed E-state index contributed by atoms with van der Waals surface area (Å²) in [5, 5.41) is 7.54. The van der Waals surface area contributed by atoms with E-state index in [4.69, 9.17) is 0 Å². The number of carbonyl (C=O) groups is 1. The topological polar surface area (TPSA) is 79.2 Å². The first-order valence-electron chi connectivity index (χ1n) is 8.80. The van der Waals surface area contributed by atoms with E-state index < -0.39 is 0 Å². The molecule has 0 aromatic carbocycles. The second-order valence-corrected chi connectivity index (χ2v) is 6.59. The van der Waals surface area contributed by atoms with Gasteiger partial charge in [-0.1, -0.05) is 0 Å². The molecule has 2 aromatic rings. The lowest BCUT2D eigenvalue weighted by Crippen LogP contribution is -2.52. The number of rotatable bonds is 2. The van der Waals surface area contributed by atoms with Gasteiger partial charge >= 0.3 is 6.03 Å². The maximum absolute atomic E-state index is 12.7. The van der Waals surface area contributed by atoms with Gasteiger partial charge in [-0.05, 0) is 25.3 Å². The lowest BCUT2D eigenvalue weighted by Gasteiger charge is -2.35. The van der Waals surface area contributed by atoms with Gasteiger partial charge in [0, 0.05) is 56.9 Å². The molecule has 1 aliphatic carbocycles. The van der Waals surface area contributed by atoms with E-state index in [9.17, 15) is 4.79 Å². The van der Waals surface area contributed by atoms with Gasteiger partial charge in [0.2, 0.25) is 5.95 Å². The Kier molecular flexibility index (Phi) is 4.25. The second kappa shape index (κ2) is 6.70. The third-order valence-corrected chi connectivity index (χ3v) is 5.08. The van der Waals surface area contributed by atoms with Crippen molar-refractivity contribution in [3.63, 3.8) is 0 Å². The standard InChI is InChI=1S/C17H23N7O/c1-22-15-5-2-4-14(13(15)12-20-22)21-17(25)24-10-8-23(9-11-24)16-18-6-3-7-19-16/h3,6-7,12,14H,2,4-5,8-11H2,1H3,(H,21,25). The average molecular weight is 341 g/mol. The Labute approximate surface area is 146 Å². The molecule has 2 aromatic heterocycles. The van der Waals surface area contributed by atoms with Crippen molar-refractivity contribution in [2.24, 2.45) is 7.05 Å². The van der Waals surface area contributed by atoms with Gasteiger partial charge in [0.15, 0.2) is 0 Å². The number of hydrogen-bond donors (Lipinski definition) is 1. The quantitative estimate of drug-likeness (QED) is 0.885. The number of aromatic nitrogens is 4. The zero-order chi connectivity index (χ0) is 17.2. The molecule has 25 heavy (non-hydrogen) atoms. The summed E-state index contributed by atoms with van der Waals surface area (Å²) in [5.74, 6) is 0.731. The van der Waals surface area contributed by atoms with Gasteiger partial charge < -0.3 is 15.1 Å². The van der Waals surface area contributed by atoms with Crippen LogP contribution in [0.3, 0.4) is 0 Å². The fraction of sp³-hybridized carbons (Fsp3) is 0.529. The van der Waals surface area contributed by atoms with Gasteiger partial charge in [0.05, 0.1) is 12.2 Å². The Morgan fingerprint density at radius 2 is 1.96 bits per heavy atom. The Bertz CT molecular complexity index is 737. The molecule has 0 saturated carbocycles. The molecule has 2 aliphatic rings. The fourth-order valence-corrected chi connectivity index (χ4v) is 3.66. The van der Waals surface area contributed by atoms with Crippen molar-refractivity contribution in [2.45, 2.75) is 25.3 Å². The van der Waals surface area contributed by atoms with Crippen molar-refractivity contribution in [3.05, 3.63) is 35.9 Å². The molecular formula is C17H23N7O. The molecule has 1 atom stereocenters. The molecule has 2 amide bonds. The number of nitrogens with one attached hydrogen (secondary N) is 1. The van der Waals surface area contributed by atoms with Gasteiger partial charge in [-0.15, -0.1) is 0 Å². The molecule has 0 radical (unpaired) electrons. The Morgan fingerprint density at radius 3 is 2.72 bits per heavy atom. The van der Waals surface area contributed by atoms with Crippen LogP contribution in [-0.4, -0.2) is 56.9 Å². The van der Waals surface area contributed by atoms with Crippen LogP contribution in [0.2, 0.25) is 0 Å². The van der Waals surface area contributed by atoms with Gasteiger partial charge in [-0.2, -0.15) is 5.10 Å². The molecule has 8 heteroatoms. The zero-order valence-corrected chi connectivity index (χ0v) is 14.4. The number of carbonyl (C=O) groups excluding carboxylic acids is 1. The third-order valence-electron chi connectivity index (χ3n) is 5.08. The van der Waals surface area contributed by atoms with Crippen molar-refractivity contribution < 1.29 is 4.79 Å². The molecular weight excluding hydrogens is 318 g/mol. The van der Waals surface area contributed by atoms with Crippen LogP contribution in [0.25, 0.3) is 0 Å². The number of amides is 2. The molecule has 1 saturated heterocycles. The van der Waals surface area contributed by atoms with Crippen molar-refractivity contribution >= 4 is 12.0 Å². The minimum atomic E-state index is 0.00957. The van der Waals surface area contributed by atoms with Crippen LogP contribution in [0.4, 0.5) is 10.7 Å². The van der Waals surface area contributed by atoms with E-state index >= 15 is 0 Å². The summed E-state index contributed by atoms with van der Waals surface area (Å²) in [5.41, 5.74) is 2.40. The second-order valence-electron chi connectivity index (χ2n) is 6.59. The number of hydrogen-bond acceptors (Lipinski definition) is 5. The molecule has 1 unspecified atom stereocenters. The SMILES string of the molecule is Cn1ncc2c1CCCC2NC(=O)N1CCN(c2ncccn2)CC1. The van der Waals surface area contributed by atoms with Gasteiger partial charge in [-0.25, -0.2) is 14.8 Å². The van der Waals surface area contributed by atoms with E-state index in [0.29, 0.717) is 13.1 Å². The Hall–Kier alpha value is -2.64. The molecule has 132 valence electrons. The molecule has 1 aliphatic heterocycles. The molecule has 0 bridgehead atoms. The first kappa shape index (κ1) is 15.9. The highest BCUT2D eigenvalue weighted by molar-refractivity contribution is 5.75. The summed E-state index contributed by atoms with van der Waals surface area (Å²) in [6, 6.07) is 1.89. The number of fused-ring (bicyclic) bond motifs is 1. The molecule has 1 N–H and O–H groups in total.